The zero-order valence-electron chi connectivity index (χ0n) is 22.3. The topological polar surface area (TPSA) is 71.3 Å². The zero-order valence-corrected chi connectivity index (χ0v) is 22.3. The summed E-state index contributed by atoms with van der Waals surface area (Å²) < 4.78 is 26.0. The molecular weight excluding hydrogens is 467 g/mol. The van der Waals surface area contributed by atoms with Crippen molar-refractivity contribution in [2.24, 2.45) is 11.8 Å². The van der Waals surface area contributed by atoms with Crippen molar-refractivity contribution in [3.63, 3.8) is 0 Å². The largest absolute Gasteiger partial charge is 0.489 e. The second-order valence-corrected chi connectivity index (χ2v) is 9.31. The average molecular weight is 505 g/mol. The van der Waals surface area contributed by atoms with Gasteiger partial charge in [-0.05, 0) is 71.3 Å². The van der Waals surface area contributed by atoms with Gasteiger partial charge in [0.1, 0.15) is 11.9 Å². The normalized spacial score (nSPS) is 23.1. The van der Waals surface area contributed by atoms with Gasteiger partial charge in [0.05, 0.1) is 18.8 Å². The van der Waals surface area contributed by atoms with Gasteiger partial charge in [0.25, 0.3) is 0 Å². The number of halogens is 1. The Morgan fingerprint density at radius 1 is 1.11 bits per heavy atom. The minimum absolute atomic E-state index is 0.0102. The van der Waals surface area contributed by atoms with Gasteiger partial charge in [-0.15, -0.1) is 0 Å². The molecule has 1 heterocycles. The monoisotopic (exact) mass is 504 g/mol. The van der Waals surface area contributed by atoms with Crippen LogP contribution in [0.3, 0.4) is 0 Å². The molecule has 0 spiro atoms. The molecule has 1 saturated heterocycles. The fraction of sp³-hybridized carbons (Fsp3) is 0.419. The van der Waals surface area contributed by atoms with Crippen molar-refractivity contribution in [1.82, 2.24) is 5.32 Å². The quantitative estimate of drug-likeness (QED) is 0.480. The van der Waals surface area contributed by atoms with Gasteiger partial charge in [-0.3, -0.25) is 4.79 Å². The maximum atomic E-state index is 14.7. The van der Waals surface area contributed by atoms with E-state index in [2.05, 4.69) is 12.2 Å². The van der Waals surface area contributed by atoms with E-state index in [1.54, 1.807) is 19.3 Å². The number of nitriles is 1. The molecule has 2 unspecified atom stereocenters. The molecule has 4 rings (SSSR count). The third-order valence-electron chi connectivity index (χ3n) is 6.75. The summed E-state index contributed by atoms with van der Waals surface area (Å²) in [4.78, 5) is 13.1. The molecule has 5 nitrogen and oxygen atoms in total. The smallest absolute Gasteiger partial charge is 0.197 e. The van der Waals surface area contributed by atoms with Crippen LogP contribution in [0.15, 0.2) is 54.3 Å². The first-order valence-corrected chi connectivity index (χ1v) is 13.1. The number of allylic oxidation sites excluding steroid dienone is 4. The number of methoxy groups -OCH3 is 1. The summed E-state index contributed by atoms with van der Waals surface area (Å²) in [6.45, 7) is 8.91. The van der Waals surface area contributed by atoms with Crippen LogP contribution in [-0.2, 0) is 20.9 Å². The Kier molecular flexibility index (Phi) is 10.6. The van der Waals surface area contributed by atoms with Gasteiger partial charge in [0.15, 0.2) is 11.5 Å². The van der Waals surface area contributed by atoms with Gasteiger partial charge >= 0.3 is 0 Å². The molecule has 0 amide bonds. The van der Waals surface area contributed by atoms with Gasteiger partial charge in [-0.2, -0.15) is 5.26 Å². The number of hydrogen-bond donors (Lipinski definition) is 1. The summed E-state index contributed by atoms with van der Waals surface area (Å²) in [5.74, 6) is 0.112. The lowest BCUT2D eigenvalue weighted by Gasteiger charge is -2.24. The first kappa shape index (κ1) is 28.3. The van der Waals surface area contributed by atoms with Crippen molar-refractivity contribution >= 4 is 16.9 Å². The lowest BCUT2D eigenvalue weighted by molar-refractivity contribution is -0.119. The van der Waals surface area contributed by atoms with E-state index in [-0.39, 0.29) is 17.3 Å². The molecule has 0 bridgehead atoms. The van der Waals surface area contributed by atoms with Crippen LogP contribution in [0.5, 0.6) is 0 Å². The Bertz CT molecular complexity index is 1170. The molecule has 1 fully saturated rings. The summed E-state index contributed by atoms with van der Waals surface area (Å²) in [5, 5.41) is 12.5. The average Bonchev–Trinajstić information content (AvgIpc) is 3.44. The van der Waals surface area contributed by atoms with Crippen LogP contribution in [0.25, 0.3) is 11.1 Å². The van der Waals surface area contributed by atoms with Crippen molar-refractivity contribution < 1.29 is 18.7 Å². The van der Waals surface area contributed by atoms with E-state index in [4.69, 9.17) is 9.47 Å². The molecule has 2 aromatic rings. The van der Waals surface area contributed by atoms with Crippen LogP contribution >= 0.6 is 0 Å². The number of ketones is 1. The Hall–Kier alpha value is -3.27. The van der Waals surface area contributed by atoms with Gasteiger partial charge in [-0.1, -0.05) is 51.1 Å². The summed E-state index contributed by atoms with van der Waals surface area (Å²) >= 11 is 0. The second kappa shape index (κ2) is 13.9. The van der Waals surface area contributed by atoms with Crippen LogP contribution in [0, 0.1) is 29.0 Å². The Balaban J connectivity index is 0.00000186. The molecule has 1 N–H and O–H groups in total. The van der Waals surface area contributed by atoms with E-state index in [9.17, 15) is 14.4 Å². The predicted octanol–water partition coefficient (Wildman–Crippen LogP) is 6.29. The first-order chi connectivity index (χ1) is 18.0. The molecule has 1 aliphatic heterocycles. The van der Waals surface area contributed by atoms with Gasteiger partial charge in [0.2, 0.25) is 0 Å². The maximum Gasteiger partial charge on any atom is 0.197 e. The third kappa shape index (κ3) is 7.15. The maximum absolute atomic E-state index is 14.7. The number of nitrogens with zero attached hydrogens (tertiary/aromatic N) is 1. The van der Waals surface area contributed by atoms with Crippen LogP contribution in [0.2, 0.25) is 0 Å². The highest BCUT2D eigenvalue weighted by Gasteiger charge is 2.25. The number of hydrogen-bond acceptors (Lipinski definition) is 5. The molecule has 2 aromatic carbocycles. The SMILES string of the molecule is CC.COCc1ccc(/C2=C(c3ccc(C#N)c(F)c3)/C=C(/OCC3CCNC3)C(=O)CCC2C)cc1. The Morgan fingerprint density at radius 3 is 2.46 bits per heavy atom. The molecule has 37 heavy (non-hydrogen) atoms. The number of Topliss-reactive ketones (excluding diaryl/α,β-unsaturated/α-hetero) is 1. The summed E-state index contributed by atoms with van der Waals surface area (Å²) in [6, 6.07) is 14.6. The van der Waals surface area contributed by atoms with E-state index in [1.807, 2.05) is 44.2 Å². The molecule has 196 valence electrons. The van der Waals surface area contributed by atoms with E-state index >= 15 is 0 Å². The van der Waals surface area contributed by atoms with E-state index in [0.717, 1.165) is 41.8 Å². The minimum Gasteiger partial charge on any atom is -0.489 e. The molecular formula is C31H37FN2O3. The van der Waals surface area contributed by atoms with Crippen molar-refractivity contribution in [3.8, 4) is 6.07 Å². The molecule has 2 aliphatic rings. The fourth-order valence-electron chi connectivity index (χ4n) is 4.76. The van der Waals surface area contributed by atoms with E-state index < -0.39 is 5.82 Å². The number of carbonyl (C=O) groups is 1. The van der Waals surface area contributed by atoms with Gasteiger partial charge < -0.3 is 14.8 Å². The Labute approximate surface area is 220 Å². The highest BCUT2D eigenvalue weighted by Crippen LogP contribution is 2.38. The highest BCUT2D eigenvalue weighted by atomic mass is 19.1. The predicted molar refractivity (Wildman–Crippen MR) is 145 cm³/mol. The van der Waals surface area contributed by atoms with Crippen molar-refractivity contribution in [1.29, 1.82) is 5.26 Å². The fourth-order valence-corrected chi connectivity index (χ4v) is 4.76. The highest BCUT2D eigenvalue weighted by molar-refractivity contribution is 6.03. The molecule has 6 heteroatoms. The van der Waals surface area contributed by atoms with Crippen molar-refractivity contribution in [2.75, 3.05) is 26.8 Å². The summed E-state index contributed by atoms with van der Waals surface area (Å²) in [7, 11) is 1.66. The summed E-state index contributed by atoms with van der Waals surface area (Å²) in [6.07, 6.45) is 3.83. The molecule has 0 radical (unpaired) electrons. The van der Waals surface area contributed by atoms with Crippen molar-refractivity contribution in [3.05, 3.63) is 82.4 Å². The number of benzene rings is 2. The zero-order chi connectivity index (χ0) is 26.8. The standard InChI is InChI=1S/C29H31FN2O3.C2H6/c1-19-3-10-27(33)28(35-18-21-11-12-32-16-21)14-25(23-8-9-24(15-31)26(30)13-23)29(19)22-6-4-20(5-7-22)17-34-2;1-2/h4-9,13-14,19,21,32H,3,10-12,16-18H2,1-2H3;1-2H3/b28-14+,29-25-;. The van der Waals surface area contributed by atoms with Gasteiger partial charge in [-0.25, -0.2) is 4.39 Å². The number of ether oxygens (including phenoxy) is 2. The lowest BCUT2D eigenvalue weighted by Crippen LogP contribution is -2.18. The molecule has 1 aliphatic carbocycles. The number of nitrogens with one attached hydrogen (secondary N) is 1. The Morgan fingerprint density at radius 2 is 1.84 bits per heavy atom. The number of rotatable bonds is 7. The van der Waals surface area contributed by atoms with Crippen LogP contribution in [0.1, 0.15) is 62.3 Å². The molecule has 2 atom stereocenters. The van der Waals surface area contributed by atoms with Crippen LogP contribution < -0.4 is 5.32 Å². The summed E-state index contributed by atoms with van der Waals surface area (Å²) in [5.41, 5.74) is 4.43. The molecule has 0 saturated carbocycles. The van der Waals surface area contributed by atoms with Crippen molar-refractivity contribution in [2.45, 2.75) is 46.6 Å². The number of carbonyl (C=O) groups excluding carboxylic acids is 1. The minimum atomic E-state index is -0.582. The third-order valence-corrected chi connectivity index (χ3v) is 6.75. The molecule has 0 aromatic heterocycles. The van der Waals surface area contributed by atoms with Crippen LogP contribution in [0.4, 0.5) is 4.39 Å². The first-order valence-electron chi connectivity index (χ1n) is 13.1. The van der Waals surface area contributed by atoms with E-state index in [0.29, 0.717) is 43.3 Å². The van der Waals surface area contributed by atoms with Gasteiger partial charge in [0, 0.05) is 26.0 Å². The second-order valence-electron chi connectivity index (χ2n) is 9.31. The van der Waals surface area contributed by atoms with Crippen LogP contribution in [-0.4, -0.2) is 32.6 Å². The van der Waals surface area contributed by atoms with E-state index in [1.165, 1.54) is 12.1 Å². The lowest BCUT2D eigenvalue weighted by atomic mass is 9.81.